The number of thiophene rings is 2. The first-order valence-electron chi connectivity index (χ1n) is 19.5. The van der Waals surface area contributed by atoms with E-state index in [4.69, 9.17) is 15.0 Å². The van der Waals surface area contributed by atoms with Gasteiger partial charge < -0.3 is 0 Å². The maximum absolute atomic E-state index is 5.39. The van der Waals surface area contributed by atoms with Gasteiger partial charge in [0.25, 0.3) is 0 Å². The summed E-state index contributed by atoms with van der Waals surface area (Å²) < 4.78 is 5.18. The van der Waals surface area contributed by atoms with E-state index in [9.17, 15) is 0 Å². The molecule has 0 radical (unpaired) electrons. The van der Waals surface area contributed by atoms with Crippen molar-refractivity contribution in [1.29, 1.82) is 0 Å². The van der Waals surface area contributed by atoms with Crippen LogP contribution in [0.15, 0.2) is 127 Å². The Hall–Kier alpha value is -5.23. The van der Waals surface area contributed by atoms with Crippen LogP contribution in [-0.2, 0) is 5.41 Å². The lowest BCUT2D eigenvalue weighted by Gasteiger charge is -2.61. The zero-order chi connectivity index (χ0) is 35.1. The smallest absolute Gasteiger partial charge is 0.164 e. The highest BCUT2D eigenvalue weighted by atomic mass is 32.1. The van der Waals surface area contributed by atoms with Gasteiger partial charge in [-0.3, -0.25) is 0 Å². The van der Waals surface area contributed by atoms with Crippen molar-refractivity contribution in [2.24, 2.45) is 23.7 Å². The van der Waals surface area contributed by atoms with Crippen molar-refractivity contribution in [1.82, 2.24) is 15.0 Å². The summed E-state index contributed by atoms with van der Waals surface area (Å²) in [5.74, 6) is 5.50. The Kier molecular flexibility index (Phi) is 6.10. The maximum atomic E-state index is 5.39. The van der Waals surface area contributed by atoms with Crippen LogP contribution in [0.1, 0.15) is 43.2 Å². The molecule has 0 amide bonds. The van der Waals surface area contributed by atoms with Gasteiger partial charge in [-0.05, 0) is 108 Å². The van der Waals surface area contributed by atoms with Crippen LogP contribution in [0, 0.1) is 23.7 Å². The summed E-state index contributed by atoms with van der Waals surface area (Å²) in [5, 5.41) is 5.02. The summed E-state index contributed by atoms with van der Waals surface area (Å²) in [5.41, 5.74) is 9.40. The molecule has 54 heavy (non-hydrogen) atoms. The third-order valence-corrected chi connectivity index (χ3v) is 16.0. The second kappa shape index (κ2) is 10.9. The minimum Gasteiger partial charge on any atom is -0.208 e. The molecule has 5 aliphatic carbocycles. The Morgan fingerprint density at radius 2 is 1.00 bits per heavy atom. The Morgan fingerprint density at radius 3 is 1.74 bits per heavy atom. The molecule has 0 N–H and O–H groups in total. The summed E-state index contributed by atoms with van der Waals surface area (Å²) in [6.45, 7) is 0. The normalized spacial score (nSPS) is 23.6. The van der Waals surface area contributed by atoms with E-state index < -0.39 is 0 Å². The van der Waals surface area contributed by atoms with Crippen LogP contribution in [0.2, 0.25) is 0 Å². The minimum absolute atomic E-state index is 0.160. The topological polar surface area (TPSA) is 38.7 Å². The predicted octanol–water partition coefficient (Wildman–Crippen LogP) is 13.3. The van der Waals surface area contributed by atoms with Gasteiger partial charge in [-0.25, -0.2) is 15.0 Å². The molecular weight excluding hydrogens is 695 g/mol. The van der Waals surface area contributed by atoms with E-state index >= 15 is 0 Å². The fourth-order valence-corrected chi connectivity index (χ4v) is 14.2. The molecule has 5 aliphatic rings. The van der Waals surface area contributed by atoms with Crippen LogP contribution >= 0.6 is 22.7 Å². The highest BCUT2D eigenvalue weighted by molar-refractivity contribution is 7.26. The molecule has 6 aromatic carbocycles. The van der Waals surface area contributed by atoms with Gasteiger partial charge in [0.15, 0.2) is 17.5 Å². The zero-order valence-electron chi connectivity index (χ0n) is 29.6. The average molecular weight is 730 g/mol. The van der Waals surface area contributed by atoms with Gasteiger partial charge >= 0.3 is 0 Å². The molecular formula is C49H35N3S2. The largest absolute Gasteiger partial charge is 0.208 e. The van der Waals surface area contributed by atoms with E-state index in [0.29, 0.717) is 11.6 Å². The van der Waals surface area contributed by atoms with Gasteiger partial charge in [0.2, 0.25) is 0 Å². The van der Waals surface area contributed by atoms with E-state index in [1.165, 1.54) is 83.6 Å². The number of aromatic nitrogens is 3. The van der Waals surface area contributed by atoms with Crippen LogP contribution in [0.25, 0.3) is 85.6 Å². The molecule has 258 valence electrons. The zero-order valence-corrected chi connectivity index (χ0v) is 31.3. The summed E-state index contributed by atoms with van der Waals surface area (Å²) in [7, 11) is 0. The standard InChI is InChI=1S/C49H35N3S2/c1-2-10-29(11-3-1)46-50-47(34-14-8-18-41-44(34)33-13-5-7-17-40(33)53-41)52-48(51-46)35-15-9-19-42-45(35)37-25-36-32-12-4-6-16-38(32)49(39(36)26-43(37)54-42)30-21-27-20-28(23-30)24-31(49)22-27/h1-19,25-28,30-31H,20-24H2. The summed E-state index contributed by atoms with van der Waals surface area (Å²) >= 11 is 3.76. The molecule has 1 spiro atoms. The molecule has 5 heteroatoms. The number of benzene rings is 6. The molecule has 0 unspecified atom stereocenters. The highest BCUT2D eigenvalue weighted by Gasteiger charge is 2.61. The highest BCUT2D eigenvalue weighted by Crippen LogP contribution is 2.69. The van der Waals surface area contributed by atoms with Crippen molar-refractivity contribution in [2.75, 3.05) is 0 Å². The molecule has 4 bridgehead atoms. The lowest BCUT2D eigenvalue weighted by molar-refractivity contribution is -0.0398. The van der Waals surface area contributed by atoms with Crippen molar-refractivity contribution < 1.29 is 0 Å². The third-order valence-electron chi connectivity index (χ3n) is 13.7. The second-order valence-corrected chi connectivity index (χ2v) is 18.5. The number of nitrogens with zero attached hydrogens (tertiary/aromatic N) is 3. The summed E-state index contributed by atoms with van der Waals surface area (Å²) in [6.07, 6.45) is 7.07. The van der Waals surface area contributed by atoms with Crippen LogP contribution < -0.4 is 0 Å². The molecule has 3 heterocycles. The van der Waals surface area contributed by atoms with E-state index in [2.05, 4.69) is 121 Å². The first-order valence-corrected chi connectivity index (χ1v) is 21.2. The van der Waals surface area contributed by atoms with Gasteiger partial charge in [-0.15, -0.1) is 22.7 Å². The van der Waals surface area contributed by atoms with Gasteiger partial charge in [-0.1, -0.05) is 97.1 Å². The monoisotopic (exact) mass is 729 g/mol. The fourth-order valence-electron chi connectivity index (χ4n) is 11.9. The van der Waals surface area contributed by atoms with Crippen molar-refractivity contribution in [2.45, 2.75) is 37.5 Å². The van der Waals surface area contributed by atoms with Gasteiger partial charge in [-0.2, -0.15) is 0 Å². The Bertz CT molecular complexity index is 3000. The lowest BCUT2D eigenvalue weighted by Crippen LogP contribution is -2.55. The number of hydrogen-bond donors (Lipinski definition) is 0. The quantitative estimate of drug-likeness (QED) is 0.182. The first-order chi connectivity index (χ1) is 26.7. The SMILES string of the molecule is c1ccc(-c2nc(-c3cccc4sc5ccccc5c34)nc(-c3cccc4sc5cc6c(cc5c34)-c3ccccc3C63C4CC5CC(C4)CC3C5)n2)cc1. The van der Waals surface area contributed by atoms with Gasteiger partial charge in [0, 0.05) is 62.4 Å². The van der Waals surface area contributed by atoms with Crippen molar-refractivity contribution in [3.8, 4) is 45.3 Å². The molecule has 3 aromatic heterocycles. The van der Waals surface area contributed by atoms with E-state index in [1.807, 2.05) is 28.7 Å². The predicted molar refractivity (Wildman–Crippen MR) is 225 cm³/mol. The minimum atomic E-state index is 0.160. The molecule has 0 aliphatic heterocycles. The molecule has 9 aromatic rings. The summed E-state index contributed by atoms with van der Waals surface area (Å²) in [4.78, 5) is 15.9. The number of rotatable bonds is 3. The van der Waals surface area contributed by atoms with E-state index in [0.717, 1.165) is 46.2 Å². The van der Waals surface area contributed by atoms with Crippen molar-refractivity contribution in [3.05, 3.63) is 139 Å². The Labute approximate surface area is 321 Å². The summed E-state index contributed by atoms with van der Waals surface area (Å²) in [6, 6.07) is 46.9. The molecule has 14 rings (SSSR count). The molecule has 3 nitrogen and oxygen atoms in total. The first kappa shape index (κ1) is 30.1. The van der Waals surface area contributed by atoms with Crippen LogP contribution in [0.4, 0.5) is 0 Å². The van der Waals surface area contributed by atoms with Gasteiger partial charge in [0.05, 0.1) is 0 Å². The molecule has 4 fully saturated rings. The third kappa shape index (κ3) is 3.99. The van der Waals surface area contributed by atoms with Gasteiger partial charge in [0.1, 0.15) is 0 Å². The average Bonchev–Trinajstić information content (AvgIpc) is 3.87. The molecule has 4 saturated carbocycles. The lowest BCUT2D eigenvalue weighted by atomic mass is 9.43. The fraction of sp³-hybridized carbons (Fsp3) is 0.204. The molecule has 0 atom stereocenters. The van der Waals surface area contributed by atoms with Crippen molar-refractivity contribution in [3.63, 3.8) is 0 Å². The maximum Gasteiger partial charge on any atom is 0.164 e. The van der Waals surface area contributed by atoms with Crippen LogP contribution in [0.5, 0.6) is 0 Å². The van der Waals surface area contributed by atoms with E-state index in [1.54, 1.807) is 11.1 Å². The Balaban J connectivity index is 1.06. The number of fused-ring (bicyclic) bond motifs is 9. The second-order valence-electron chi connectivity index (χ2n) is 16.3. The Morgan fingerprint density at radius 1 is 0.426 bits per heavy atom. The van der Waals surface area contributed by atoms with Crippen LogP contribution in [0.3, 0.4) is 0 Å². The van der Waals surface area contributed by atoms with Crippen molar-refractivity contribution >= 4 is 63.0 Å². The molecule has 0 saturated heterocycles. The van der Waals surface area contributed by atoms with E-state index in [-0.39, 0.29) is 5.41 Å². The number of hydrogen-bond acceptors (Lipinski definition) is 5. The van der Waals surface area contributed by atoms with Crippen LogP contribution in [-0.4, -0.2) is 15.0 Å².